The lowest BCUT2D eigenvalue weighted by Crippen LogP contribution is -2.43. The van der Waals surface area contributed by atoms with Crippen molar-refractivity contribution in [1.82, 2.24) is 20.0 Å². The molecule has 3 heterocycles. The van der Waals surface area contributed by atoms with Gasteiger partial charge in [0.1, 0.15) is 5.69 Å². The minimum absolute atomic E-state index is 0.0446. The van der Waals surface area contributed by atoms with Crippen molar-refractivity contribution >= 4 is 5.91 Å². The number of nitrogens with one attached hydrogen (secondary N) is 1. The van der Waals surface area contributed by atoms with E-state index in [1.807, 2.05) is 11.8 Å². The van der Waals surface area contributed by atoms with E-state index in [2.05, 4.69) is 10.4 Å². The highest BCUT2D eigenvalue weighted by molar-refractivity contribution is 5.92. The van der Waals surface area contributed by atoms with Crippen LogP contribution in [0.5, 0.6) is 0 Å². The molecule has 0 saturated carbocycles. The average Bonchev–Trinajstić information content (AvgIpc) is 3.12. The zero-order valence-corrected chi connectivity index (χ0v) is 12.6. The largest absolute Gasteiger partial charge is 0.396 e. The van der Waals surface area contributed by atoms with E-state index in [0.717, 1.165) is 32.5 Å². The van der Waals surface area contributed by atoms with Gasteiger partial charge in [-0.3, -0.25) is 9.48 Å². The van der Waals surface area contributed by atoms with Crippen molar-refractivity contribution < 1.29 is 9.90 Å². The van der Waals surface area contributed by atoms with Crippen LogP contribution in [0.4, 0.5) is 0 Å². The number of carbonyl (C=O) groups excluding carboxylic acids is 1. The number of carbonyl (C=O) groups is 1. The lowest BCUT2D eigenvalue weighted by Gasteiger charge is -2.37. The summed E-state index contributed by atoms with van der Waals surface area (Å²) in [6.07, 6.45) is 3.75. The minimum Gasteiger partial charge on any atom is -0.396 e. The number of piperidine rings is 1. The first-order valence-corrected chi connectivity index (χ1v) is 7.83. The molecule has 6 heteroatoms. The van der Waals surface area contributed by atoms with E-state index in [1.54, 1.807) is 16.9 Å². The standard InChI is InChI=1S/C15H24N4O2/c1-2-19-13(3-6-17-19)14(21)18-9-12(10-20)15(11-18)4-7-16-8-5-15/h3,6,12,16,20H,2,4-5,7-11H2,1H3. The Labute approximate surface area is 125 Å². The molecule has 0 aromatic carbocycles. The zero-order chi connectivity index (χ0) is 14.9. The molecule has 0 bridgehead atoms. The molecule has 1 unspecified atom stereocenters. The van der Waals surface area contributed by atoms with Gasteiger partial charge in [-0.1, -0.05) is 0 Å². The third-order valence-electron chi connectivity index (χ3n) is 5.15. The van der Waals surface area contributed by atoms with Gasteiger partial charge in [-0.2, -0.15) is 5.10 Å². The van der Waals surface area contributed by atoms with E-state index in [4.69, 9.17) is 0 Å². The lowest BCUT2D eigenvalue weighted by molar-refractivity contribution is 0.0744. The van der Waals surface area contributed by atoms with Crippen molar-refractivity contribution in [3.63, 3.8) is 0 Å². The molecule has 21 heavy (non-hydrogen) atoms. The van der Waals surface area contributed by atoms with Crippen LogP contribution in [0.1, 0.15) is 30.3 Å². The molecule has 1 amide bonds. The van der Waals surface area contributed by atoms with E-state index < -0.39 is 0 Å². The summed E-state index contributed by atoms with van der Waals surface area (Å²) in [5.74, 6) is 0.241. The second-order valence-corrected chi connectivity index (χ2v) is 6.21. The number of hydrogen-bond donors (Lipinski definition) is 2. The Hall–Kier alpha value is -1.40. The van der Waals surface area contributed by atoms with Crippen LogP contribution in [-0.2, 0) is 6.54 Å². The molecular formula is C15H24N4O2. The van der Waals surface area contributed by atoms with Crippen molar-refractivity contribution in [2.45, 2.75) is 26.3 Å². The fourth-order valence-corrected chi connectivity index (χ4v) is 3.86. The molecule has 1 atom stereocenters. The summed E-state index contributed by atoms with van der Waals surface area (Å²) in [4.78, 5) is 14.7. The van der Waals surface area contributed by atoms with Gasteiger partial charge in [0.2, 0.25) is 0 Å². The maximum atomic E-state index is 12.7. The van der Waals surface area contributed by atoms with Gasteiger partial charge < -0.3 is 15.3 Å². The van der Waals surface area contributed by atoms with Gasteiger partial charge in [0.15, 0.2) is 0 Å². The Kier molecular flexibility index (Phi) is 3.99. The molecule has 1 aromatic rings. The van der Waals surface area contributed by atoms with Crippen LogP contribution in [-0.4, -0.2) is 58.5 Å². The maximum Gasteiger partial charge on any atom is 0.272 e. The third kappa shape index (κ3) is 2.46. The molecule has 2 aliphatic heterocycles. The van der Waals surface area contributed by atoms with E-state index >= 15 is 0 Å². The molecule has 2 fully saturated rings. The van der Waals surface area contributed by atoms with Crippen LogP contribution in [0.2, 0.25) is 0 Å². The van der Waals surface area contributed by atoms with E-state index in [0.29, 0.717) is 18.8 Å². The topological polar surface area (TPSA) is 70.4 Å². The first-order chi connectivity index (χ1) is 10.2. The molecule has 0 aliphatic carbocycles. The molecule has 1 aromatic heterocycles. The molecular weight excluding hydrogens is 268 g/mol. The number of aromatic nitrogens is 2. The highest BCUT2D eigenvalue weighted by Gasteiger charge is 2.48. The Morgan fingerprint density at radius 2 is 2.29 bits per heavy atom. The van der Waals surface area contributed by atoms with Crippen LogP contribution >= 0.6 is 0 Å². The average molecular weight is 292 g/mol. The number of hydrogen-bond acceptors (Lipinski definition) is 4. The maximum absolute atomic E-state index is 12.7. The molecule has 116 valence electrons. The number of rotatable bonds is 3. The Morgan fingerprint density at radius 1 is 1.52 bits per heavy atom. The van der Waals surface area contributed by atoms with E-state index in [-0.39, 0.29) is 23.8 Å². The van der Waals surface area contributed by atoms with Crippen LogP contribution < -0.4 is 5.32 Å². The molecule has 2 aliphatic rings. The molecule has 2 N–H and O–H groups in total. The summed E-state index contributed by atoms with van der Waals surface area (Å²) < 4.78 is 1.74. The second-order valence-electron chi connectivity index (χ2n) is 6.21. The SMILES string of the molecule is CCn1nccc1C(=O)N1CC(CO)C2(CCNCC2)C1. The number of nitrogens with zero attached hydrogens (tertiary/aromatic N) is 3. The van der Waals surface area contributed by atoms with Gasteiger partial charge in [0, 0.05) is 38.4 Å². The van der Waals surface area contributed by atoms with Gasteiger partial charge in [-0.15, -0.1) is 0 Å². The van der Waals surface area contributed by atoms with E-state index in [1.165, 1.54) is 0 Å². The van der Waals surface area contributed by atoms with Crippen molar-refractivity contribution in [2.24, 2.45) is 11.3 Å². The number of aliphatic hydroxyl groups is 1. The summed E-state index contributed by atoms with van der Waals surface area (Å²) in [6.45, 7) is 6.21. The quantitative estimate of drug-likeness (QED) is 0.843. The van der Waals surface area contributed by atoms with Crippen molar-refractivity contribution in [1.29, 1.82) is 0 Å². The van der Waals surface area contributed by atoms with Crippen molar-refractivity contribution in [2.75, 3.05) is 32.8 Å². The van der Waals surface area contributed by atoms with Crippen LogP contribution in [0.3, 0.4) is 0 Å². The summed E-state index contributed by atoms with van der Waals surface area (Å²) in [5.41, 5.74) is 0.743. The number of aliphatic hydroxyl groups excluding tert-OH is 1. The first-order valence-electron chi connectivity index (χ1n) is 7.83. The number of aryl methyl sites for hydroxylation is 1. The normalized spacial score (nSPS) is 24.7. The predicted octanol–water partition coefficient (Wildman–Crippen LogP) is 0.337. The fraction of sp³-hybridized carbons (Fsp3) is 0.733. The van der Waals surface area contributed by atoms with Gasteiger partial charge in [-0.05, 0) is 44.3 Å². The second kappa shape index (κ2) is 5.77. The Balaban J connectivity index is 1.79. The van der Waals surface area contributed by atoms with Gasteiger partial charge in [-0.25, -0.2) is 0 Å². The molecule has 6 nitrogen and oxygen atoms in total. The van der Waals surface area contributed by atoms with Gasteiger partial charge in [0.25, 0.3) is 5.91 Å². The highest BCUT2D eigenvalue weighted by atomic mass is 16.3. The summed E-state index contributed by atoms with van der Waals surface area (Å²) in [6, 6.07) is 1.78. The third-order valence-corrected chi connectivity index (χ3v) is 5.15. The smallest absolute Gasteiger partial charge is 0.272 e. The van der Waals surface area contributed by atoms with Gasteiger partial charge in [0.05, 0.1) is 0 Å². The highest BCUT2D eigenvalue weighted by Crippen LogP contribution is 2.43. The monoisotopic (exact) mass is 292 g/mol. The molecule has 2 saturated heterocycles. The summed E-state index contributed by atoms with van der Waals surface area (Å²) in [7, 11) is 0. The molecule has 0 radical (unpaired) electrons. The molecule has 3 rings (SSSR count). The number of amides is 1. The van der Waals surface area contributed by atoms with E-state index in [9.17, 15) is 9.90 Å². The molecule has 1 spiro atoms. The minimum atomic E-state index is 0.0446. The van der Waals surface area contributed by atoms with Crippen LogP contribution in [0.15, 0.2) is 12.3 Å². The summed E-state index contributed by atoms with van der Waals surface area (Å²) >= 11 is 0. The fourth-order valence-electron chi connectivity index (χ4n) is 3.86. The van der Waals surface area contributed by atoms with Crippen molar-refractivity contribution in [3.8, 4) is 0 Å². The Bertz CT molecular complexity index is 508. The van der Waals surface area contributed by atoms with Crippen molar-refractivity contribution in [3.05, 3.63) is 18.0 Å². The lowest BCUT2D eigenvalue weighted by atomic mass is 9.71. The van der Waals surface area contributed by atoms with Crippen LogP contribution in [0.25, 0.3) is 0 Å². The van der Waals surface area contributed by atoms with Crippen LogP contribution in [0, 0.1) is 11.3 Å². The van der Waals surface area contributed by atoms with Gasteiger partial charge >= 0.3 is 0 Å². The first kappa shape index (κ1) is 14.5. The zero-order valence-electron chi connectivity index (χ0n) is 12.6. The Morgan fingerprint density at radius 3 is 2.95 bits per heavy atom. The predicted molar refractivity (Wildman–Crippen MR) is 78.9 cm³/mol. The summed E-state index contributed by atoms with van der Waals surface area (Å²) in [5, 5.41) is 17.3. The number of likely N-dealkylation sites (tertiary alicyclic amines) is 1.